The summed E-state index contributed by atoms with van der Waals surface area (Å²) >= 11 is 0. The minimum atomic E-state index is 0.290. The van der Waals surface area contributed by atoms with Gasteiger partial charge >= 0.3 is 0 Å². The van der Waals surface area contributed by atoms with Crippen molar-refractivity contribution in [2.75, 3.05) is 33.4 Å². The maximum absolute atomic E-state index is 8.53. The summed E-state index contributed by atoms with van der Waals surface area (Å²) in [6.07, 6.45) is 0.868. The predicted molar refractivity (Wildman–Crippen MR) is 38.9 cm³/mol. The molecule has 1 aliphatic rings. The zero-order valence-electron chi connectivity index (χ0n) is 6.42. The first-order chi connectivity index (χ1) is 4.84. The second kappa shape index (κ2) is 3.91. The van der Waals surface area contributed by atoms with Gasteiger partial charge in [-0.25, -0.2) is 0 Å². The lowest BCUT2D eigenvalue weighted by atomic mass is 10.2. The summed E-state index contributed by atoms with van der Waals surface area (Å²) in [7, 11) is 2.07. The molecular formula is C7H15NO2. The van der Waals surface area contributed by atoms with E-state index < -0.39 is 0 Å². The number of nitrogens with zero attached hydrogens (tertiary/aromatic N) is 1. The van der Waals surface area contributed by atoms with E-state index in [4.69, 9.17) is 9.84 Å². The molecule has 10 heavy (non-hydrogen) atoms. The first-order valence-corrected chi connectivity index (χ1v) is 3.73. The standard InChI is InChI=1S/C7H15NO2/c1-8(3-2-4-9)7-5-10-6-7/h7,9H,2-6H2,1H3. The van der Waals surface area contributed by atoms with Gasteiger partial charge in [-0.3, -0.25) is 4.90 Å². The Labute approximate surface area is 61.6 Å². The first-order valence-electron chi connectivity index (χ1n) is 3.73. The lowest BCUT2D eigenvalue weighted by molar-refractivity contribution is -0.0568. The molecule has 1 rings (SSSR count). The van der Waals surface area contributed by atoms with Gasteiger partial charge in [0, 0.05) is 13.2 Å². The number of ether oxygens (including phenoxy) is 1. The third kappa shape index (κ3) is 1.94. The average Bonchev–Trinajstić information content (AvgIpc) is 1.79. The fourth-order valence-electron chi connectivity index (χ4n) is 0.980. The molecule has 1 N–H and O–H groups in total. The fourth-order valence-corrected chi connectivity index (χ4v) is 0.980. The van der Waals surface area contributed by atoms with Crippen LogP contribution in [0.3, 0.4) is 0 Å². The molecule has 1 aliphatic heterocycles. The highest BCUT2D eigenvalue weighted by atomic mass is 16.5. The van der Waals surface area contributed by atoms with Gasteiger partial charge in [0.25, 0.3) is 0 Å². The molecule has 60 valence electrons. The smallest absolute Gasteiger partial charge is 0.0645 e. The Bertz CT molecular complexity index is 93.6. The predicted octanol–water partition coefficient (Wildman–Crippen LogP) is -0.301. The summed E-state index contributed by atoms with van der Waals surface area (Å²) in [4.78, 5) is 2.24. The molecule has 1 saturated heterocycles. The Morgan fingerprint density at radius 3 is 2.70 bits per heavy atom. The maximum atomic E-state index is 8.53. The zero-order valence-corrected chi connectivity index (χ0v) is 6.42. The zero-order chi connectivity index (χ0) is 7.40. The van der Waals surface area contributed by atoms with Crippen molar-refractivity contribution in [3.63, 3.8) is 0 Å². The van der Waals surface area contributed by atoms with Crippen LogP contribution < -0.4 is 0 Å². The van der Waals surface area contributed by atoms with Crippen LogP contribution in [0, 0.1) is 0 Å². The molecule has 0 radical (unpaired) electrons. The van der Waals surface area contributed by atoms with E-state index in [0.29, 0.717) is 6.04 Å². The van der Waals surface area contributed by atoms with Gasteiger partial charge in [0.05, 0.1) is 19.3 Å². The van der Waals surface area contributed by atoms with Crippen molar-refractivity contribution >= 4 is 0 Å². The fraction of sp³-hybridized carbons (Fsp3) is 1.00. The van der Waals surface area contributed by atoms with Crippen LogP contribution >= 0.6 is 0 Å². The molecule has 0 saturated carbocycles. The molecule has 3 heteroatoms. The Morgan fingerprint density at radius 2 is 2.30 bits per heavy atom. The Morgan fingerprint density at radius 1 is 1.60 bits per heavy atom. The Hall–Kier alpha value is -0.120. The number of aliphatic hydroxyl groups excluding tert-OH is 1. The molecule has 0 bridgehead atoms. The van der Waals surface area contributed by atoms with E-state index in [1.54, 1.807) is 0 Å². The number of rotatable bonds is 4. The molecule has 0 spiro atoms. The normalized spacial score (nSPS) is 19.5. The molecule has 0 aromatic heterocycles. The van der Waals surface area contributed by atoms with Gasteiger partial charge < -0.3 is 9.84 Å². The molecule has 0 aliphatic carbocycles. The van der Waals surface area contributed by atoms with Crippen LogP contribution in [0.5, 0.6) is 0 Å². The van der Waals surface area contributed by atoms with E-state index >= 15 is 0 Å². The van der Waals surface area contributed by atoms with E-state index in [1.807, 2.05) is 0 Å². The molecule has 0 atom stereocenters. The topological polar surface area (TPSA) is 32.7 Å². The average molecular weight is 145 g/mol. The summed E-state index contributed by atoms with van der Waals surface area (Å²) < 4.78 is 5.03. The van der Waals surface area contributed by atoms with Crippen molar-refractivity contribution < 1.29 is 9.84 Å². The van der Waals surface area contributed by atoms with Gasteiger partial charge in [-0.1, -0.05) is 0 Å². The molecule has 3 nitrogen and oxygen atoms in total. The van der Waals surface area contributed by atoms with Gasteiger partial charge in [0.2, 0.25) is 0 Å². The van der Waals surface area contributed by atoms with Crippen molar-refractivity contribution in [3.05, 3.63) is 0 Å². The summed E-state index contributed by atoms with van der Waals surface area (Å²) in [5.74, 6) is 0. The number of hydrogen-bond donors (Lipinski definition) is 1. The maximum Gasteiger partial charge on any atom is 0.0645 e. The van der Waals surface area contributed by atoms with E-state index in [-0.39, 0.29) is 6.61 Å². The Balaban J connectivity index is 2.02. The monoisotopic (exact) mass is 145 g/mol. The minimum absolute atomic E-state index is 0.290. The molecular weight excluding hydrogens is 130 g/mol. The minimum Gasteiger partial charge on any atom is -0.396 e. The quantitative estimate of drug-likeness (QED) is 0.589. The molecule has 1 fully saturated rings. The third-order valence-electron chi connectivity index (χ3n) is 1.91. The van der Waals surface area contributed by atoms with E-state index in [0.717, 1.165) is 26.2 Å². The summed E-state index contributed by atoms with van der Waals surface area (Å²) in [5.41, 5.74) is 0. The molecule has 0 aromatic rings. The van der Waals surface area contributed by atoms with E-state index in [9.17, 15) is 0 Å². The van der Waals surface area contributed by atoms with Crippen molar-refractivity contribution in [1.29, 1.82) is 0 Å². The van der Waals surface area contributed by atoms with Gasteiger partial charge in [-0.05, 0) is 13.5 Å². The highest BCUT2D eigenvalue weighted by molar-refractivity contribution is 4.74. The van der Waals surface area contributed by atoms with Crippen LogP contribution in [0.15, 0.2) is 0 Å². The molecule has 1 heterocycles. The van der Waals surface area contributed by atoms with E-state index in [2.05, 4.69) is 11.9 Å². The van der Waals surface area contributed by atoms with Gasteiger partial charge in [-0.15, -0.1) is 0 Å². The number of aliphatic hydroxyl groups is 1. The van der Waals surface area contributed by atoms with Gasteiger partial charge in [-0.2, -0.15) is 0 Å². The third-order valence-corrected chi connectivity index (χ3v) is 1.91. The molecule has 0 aromatic carbocycles. The van der Waals surface area contributed by atoms with Crippen molar-refractivity contribution in [1.82, 2.24) is 4.90 Å². The van der Waals surface area contributed by atoms with Crippen LogP contribution in [-0.2, 0) is 4.74 Å². The van der Waals surface area contributed by atoms with Gasteiger partial charge in [0.1, 0.15) is 0 Å². The van der Waals surface area contributed by atoms with Gasteiger partial charge in [0.15, 0.2) is 0 Å². The summed E-state index contributed by atoms with van der Waals surface area (Å²) in [5, 5.41) is 8.53. The second-order valence-electron chi connectivity index (χ2n) is 2.75. The largest absolute Gasteiger partial charge is 0.396 e. The van der Waals surface area contributed by atoms with Crippen LogP contribution in [0.25, 0.3) is 0 Å². The highest BCUT2D eigenvalue weighted by Gasteiger charge is 2.21. The van der Waals surface area contributed by atoms with Crippen LogP contribution in [0.4, 0.5) is 0 Å². The lowest BCUT2D eigenvalue weighted by Crippen LogP contribution is -2.47. The van der Waals surface area contributed by atoms with Crippen molar-refractivity contribution in [2.24, 2.45) is 0 Å². The van der Waals surface area contributed by atoms with Crippen molar-refractivity contribution in [2.45, 2.75) is 12.5 Å². The Kier molecular flexibility index (Phi) is 3.12. The summed E-state index contributed by atoms with van der Waals surface area (Å²) in [6, 6.07) is 0.603. The van der Waals surface area contributed by atoms with Crippen LogP contribution in [0.2, 0.25) is 0 Å². The van der Waals surface area contributed by atoms with Crippen LogP contribution in [0.1, 0.15) is 6.42 Å². The highest BCUT2D eigenvalue weighted by Crippen LogP contribution is 2.07. The second-order valence-corrected chi connectivity index (χ2v) is 2.75. The molecule has 0 amide bonds. The van der Waals surface area contributed by atoms with E-state index in [1.165, 1.54) is 0 Å². The SMILES string of the molecule is CN(CCCO)C1COC1. The molecule has 0 unspecified atom stereocenters. The lowest BCUT2D eigenvalue weighted by Gasteiger charge is -2.34. The van der Waals surface area contributed by atoms with Crippen LogP contribution in [-0.4, -0.2) is 49.5 Å². The number of likely N-dealkylation sites (N-methyl/N-ethyl adjacent to an activating group) is 1. The first kappa shape index (κ1) is 7.98. The number of hydrogen-bond acceptors (Lipinski definition) is 3. The van der Waals surface area contributed by atoms with Crippen molar-refractivity contribution in [3.8, 4) is 0 Å². The summed E-state index contributed by atoms with van der Waals surface area (Å²) in [6.45, 7) is 2.99.